The van der Waals surface area contributed by atoms with Crippen molar-refractivity contribution in [3.05, 3.63) is 53.1 Å². The zero-order chi connectivity index (χ0) is 17.4. The lowest BCUT2D eigenvalue weighted by Crippen LogP contribution is -2.32. The highest BCUT2D eigenvalue weighted by Gasteiger charge is 2.19. The van der Waals surface area contributed by atoms with E-state index in [-0.39, 0.29) is 0 Å². The van der Waals surface area contributed by atoms with Crippen molar-refractivity contribution < 1.29 is 0 Å². The van der Waals surface area contributed by atoms with Crippen LogP contribution in [0.25, 0.3) is 22.4 Å². The molecule has 0 amide bonds. The van der Waals surface area contributed by atoms with Crippen molar-refractivity contribution in [3.63, 3.8) is 0 Å². The van der Waals surface area contributed by atoms with Gasteiger partial charge in [0.25, 0.3) is 0 Å². The Balaban J connectivity index is 1.70. The normalized spacial score (nSPS) is 17.1. The maximum Gasteiger partial charge on any atom is 0.140 e. The lowest BCUT2D eigenvalue weighted by Gasteiger charge is -2.32. The maximum absolute atomic E-state index is 6.02. The van der Waals surface area contributed by atoms with Crippen LogP contribution in [0.3, 0.4) is 0 Å². The Morgan fingerprint density at radius 3 is 2.44 bits per heavy atom. The summed E-state index contributed by atoms with van der Waals surface area (Å²) < 4.78 is 2.16. The summed E-state index contributed by atoms with van der Waals surface area (Å²) in [4.78, 5) is 7.49. The first kappa shape index (κ1) is 16.6. The molecule has 0 saturated carbocycles. The van der Waals surface area contributed by atoms with E-state index in [1.165, 1.54) is 43.4 Å². The van der Waals surface area contributed by atoms with Crippen LogP contribution in [0.2, 0.25) is 5.02 Å². The number of aryl methyl sites for hydroxylation is 1. The summed E-state index contributed by atoms with van der Waals surface area (Å²) in [5.74, 6) is 0.981. The average molecular weight is 354 g/mol. The molecule has 2 aromatic carbocycles. The second-order valence-corrected chi connectivity index (χ2v) is 7.46. The first-order chi connectivity index (χ1) is 12.1. The van der Waals surface area contributed by atoms with Gasteiger partial charge in [-0.05, 0) is 74.8 Å². The molecule has 130 valence electrons. The van der Waals surface area contributed by atoms with Gasteiger partial charge in [0.2, 0.25) is 0 Å². The smallest absolute Gasteiger partial charge is 0.140 e. The van der Waals surface area contributed by atoms with Gasteiger partial charge >= 0.3 is 0 Å². The Bertz CT molecular complexity index is 876. The van der Waals surface area contributed by atoms with Crippen LogP contribution in [0, 0.1) is 0 Å². The molecular weight excluding hydrogens is 330 g/mol. The fourth-order valence-electron chi connectivity index (χ4n) is 3.85. The number of rotatable bonds is 3. The van der Waals surface area contributed by atoms with Crippen molar-refractivity contribution in [2.24, 2.45) is 7.05 Å². The van der Waals surface area contributed by atoms with E-state index in [0.717, 1.165) is 21.9 Å². The number of hydrogen-bond donors (Lipinski definition) is 0. The monoisotopic (exact) mass is 353 g/mol. The Morgan fingerprint density at radius 1 is 1.00 bits per heavy atom. The van der Waals surface area contributed by atoms with Gasteiger partial charge in [-0.3, -0.25) is 4.90 Å². The third-order valence-electron chi connectivity index (χ3n) is 5.43. The molecule has 0 radical (unpaired) electrons. The van der Waals surface area contributed by atoms with E-state index in [0.29, 0.717) is 6.04 Å². The van der Waals surface area contributed by atoms with Gasteiger partial charge in [0, 0.05) is 23.7 Å². The third-order valence-corrected chi connectivity index (χ3v) is 5.68. The fourth-order valence-corrected chi connectivity index (χ4v) is 3.98. The van der Waals surface area contributed by atoms with Crippen molar-refractivity contribution in [2.75, 3.05) is 13.1 Å². The molecule has 1 aliphatic heterocycles. The molecule has 4 rings (SSSR count). The number of aromatic nitrogens is 2. The summed E-state index contributed by atoms with van der Waals surface area (Å²) in [6.45, 7) is 4.73. The Morgan fingerprint density at radius 2 is 1.72 bits per heavy atom. The van der Waals surface area contributed by atoms with E-state index >= 15 is 0 Å². The molecule has 25 heavy (non-hydrogen) atoms. The lowest BCUT2D eigenvalue weighted by molar-refractivity contribution is 0.175. The van der Waals surface area contributed by atoms with Crippen molar-refractivity contribution in [3.8, 4) is 11.4 Å². The summed E-state index contributed by atoms with van der Waals surface area (Å²) >= 11 is 6.02. The standard InChI is InChI=1S/C21H24ClN3/c1-15(25-12-4-3-5-13-25)17-8-11-20-19(14-17)23-21(24(20)2)16-6-9-18(22)10-7-16/h6-11,14-15H,3-5,12-13H2,1-2H3. The number of piperidine rings is 1. The summed E-state index contributed by atoms with van der Waals surface area (Å²) in [6.07, 6.45) is 4.00. The molecule has 0 bridgehead atoms. The molecule has 4 heteroatoms. The Hall–Kier alpha value is -1.84. The van der Waals surface area contributed by atoms with Crippen molar-refractivity contribution in [2.45, 2.75) is 32.2 Å². The summed E-state index contributed by atoms with van der Waals surface area (Å²) in [5.41, 5.74) is 4.68. The highest BCUT2D eigenvalue weighted by atomic mass is 35.5. The molecule has 3 nitrogen and oxygen atoms in total. The largest absolute Gasteiger partial charge is 0.327 e. The van der Waals surface area contributed by atoms with Gasteiger partial charge < -0.3 is 4.57 Å². The van der Waals surface area contributed by atoms with Crippen molar-refractivity contribution in [1.29, 1.82) is 0 Å². The fraction of sp³-hybridized carbons (Fsp3) is 0.381. The van der Waals surface area contributed by atoms with Gasteiger partial charge in [0.1, 0.15) is 5.82 Å². The SMILES string of the molecule is CC(c1ccc2c(c1)nc(-c1ccc(Cl)cc1)n2C)N1CCCCC1. The lowest BCUT2D eigenvalue weighted by atomic mass is 10.0. The van der Waals surface area contributed by atoms with E-state index in [2.05, 4.69) is 41.6 Å². The molecule has 1 unspecified atom stereocenters. The van der Waals surface area contributed by atoms with E-state index in [4.69, 9.17) is 16.6 Å². The van der Waals surface area contributed by atoms with Crippen LogP contribution < -0.4 is 0 Å². The van der Waals surface area contributed by atoms with Gasteiger partial charge in [-0.1, -0.05) is 24.1 Å². The molecule has 3 aromatic rings. The molecule has 1 aromatic heterocycles. The highest BCUT2D eigenvalue weighted by molar-refractivity contribution is 6.30. The molecule has 1 atom stereocenters. The Labute approximate surface area is 154 Å². The minimum Gasteiger partial charge on any atom is -0.327 e. The zero-order valence-electron chi connectivity index (χ0n) is 14.9. The molecule has 0 spiro atoms. The van der Waals surface area contributed by atoms with Crippen LogP contribution in [0.4, 0.5) is 0 Å². The number of imidazole rings is 1. The highest BCUT2D eigenvalue weighted by Crippen LogP contribution is 2.29. The van der Waals surface area contributed by atoms with Gasteiger partial charge in [-0.15, -0.1) is 0 Å². The van der Waals surface area contributed by atoms with Gasteiger partial charge in [0.05, 0.1) is 11.0 Å². The Kier molecular flexibility index (Phi) is 4.53. The maximum atomic E-state index is 6.02. The van der Waals surface area contributed by atoms with Crippen molar-refractivity contribution in [1.82, 2.24) is 14.5 Å². The van der Waals surface area contributed by atoms with Gasteiger partial charge in [-0.2, -0.15) is 0 Å². The molecular formula is C21H24ClN3. The summed E-state index contributed by atoms with van der Waals surface area (Å²) in [6, 6.07) is 15.1. The molecule has 1 aliphatic rings. The number of likely N-dealkylation sites (tertiary alicyclic amines) is 1. The second kappa shape index (κ2) is 6.81. The minimum atomic E-state index is 0.450. The molecule has 1 fully saturated rings. The third kappa shape index (κ3) is 3.19. The molecule has 1 saturated heterocycles. The predicted molar refractivity (Wildman–Crippen MR) is 105 cm³/mol. The van der Waals surface area contributed by atoms with E-state index in [9.17, 15) is 0 Å². The number of fused-ring (bicyclic) bond motifs is 1. The first-order valence-corrected chi connectivity index (χ1v) is 9.47. The topological polar surface area (TPSA) is 21.1 Å². The molecule has 2 heterocycles. The van der Waals surface area contributed by atoms with E-state index < -0.39 is 0 Å². The van der Waals surface area contributed by atoms with Crippen LogP contribution in [0.1, 0.15) is 37.8 Å². The molecule has 0 N–H and O–H groups in total. The van der Waals surface area contributed by atoms with Crippen LogP contribution in [0.5, 0.6) is 0 Å². The summed E-state index contributed by atoms with van der Waals surface area (Å²) in [5, 5.41) is 0.750. The summed E-state index contributed by atoms with van der Waals surface area (Å²) in [7, 11) is 2.08. The number of nitrogens with zero attached hydrogens (tertiary/aromatic N) is 3. The number of halogens is 1. The second-order valence-electron chi connectivity index (χ2n) is 7.02. The van der Waals surface area contributed by atoms with Crippen molar-refractivity contribution >= 4 is 22.6 Å². The van der Waals surface area contributed by atoms with Crippen LogP contribution in [-0.2, 0) is 7.05 Å². The average Bonchev–Trinajstić information content (AvgIpc) is 2.98. The number of hydrogen-bond acceptors (Lipinski definition) is 2. The first-order valence-electron chi connectivity index (χ1n) is 9.10. The quantitative estimate of drug-likeness (QED) is 0.625. The zero-order valence-corrected chi connectivity index (χ0v) is 15.6. The van der Waals surface area contributed by atoms with E-state index in [1.54, 1.807) is 0 Å². The van der Waals surface area contributed by atoms with Gasteiger partial charge in [-0.25, -0.2) is 4.98 Å². The number of benzene rings is 2. The van der Waals surface area contributed by atoms with Crippen LogP contribution in [-0.4, -0.2) is 27.5 Å². The van der Waals surface area contributed by atoms with Crippen LogP contribution in [0.15, 0.2) is 42.5 Å². The molecule has 0 aliphatic carbocycles. The van der Waals surface area contributed by atoms with Crippen LogP contribution >= 0.6 is 11.6 Å². The van der Waals surface area contributed by atoms with E-state index in [1.807, 2.05) is 24.3 Å². The predicted octanol–water partition coefficient (Wildman–Crippen LogP) is 5.44. The van der Waals surface area contributed by atoms with Gasteiger partial charge in [0.15, 0.2) is 0 Å². The minimum absolute atomic E-state index is 0.450.